The molecule has 37 heavy (non-hydrogen) atoms. The summed E-state index contributed by atoms with van der Waals surface area (Å²) in [7, 11) is 0. The molecule has 1 heterocycles. The van der Waals surface area contributed by atoms with Crippen molar-refractivity contribution in [3.05, 3.63) is 118 Å². The van der Waals surface area contributed by atoms with E-state index < -0.39 is 11.9 Å². The van der Waals surface area contributed by atoms with Crippen molar-refractivity contribution < 1.29 is 23.7 Å². The highest BCUT2D eigenvalue weighted by atomic mass is 16.5. The average molecular weight is 497 g/mol. The Balaban J connectivity index is 1.77. The maximum Gasteiger partial charge on any atom is 0.338 e. The molecule has 1 unspecified atom stereocenters. The van der Waals surface area contributed by atoms with Crippen LogP contribution in [-0.2, 0) is 27.5 Å². The third-order valence-corrected chi connectivity index (χ3v) is 5.88. The number of nitrogens with zero attached hydrogens (tertiary/aromatic N) is 1. The SMILES string of the molecule is CCOC(=O)C1=C(C)OC(N)=C(C#N)C1c1cc(OCc2ccccc2)ccc1OCc1ccccc1. The van der Waals surface area contributed by atoms with E-state index in [0.717, 1.165) is 11.1 Å². The van der Waals surface area contributed by atoms with Crippen LogP contribution in [0.25, 0.3) is 0 Å². The Bertz CT molecular complexity index is 1360. The van der Waals surface area contributed by atoms with E-state index in [1.165, 1.54) is 0 Å². The number of carbonyl (C=O) groups is 1. The van der Waals surface area contributed by atoms with Crippen LogP contribution in [0.1, 0.15) is 36.5 Å². The molecule has 7 nitrogen and oxygen atoms in total. The topological polar surface area (TPSA) is 104 Å². The van der Waals surface area contributed by atoms with E-state index in [9.17, 15) is 10.1 Å². The zero-order valence-corrected chi connectivity index (χ0v) is 20.8. The number of nitrogens with two attached hydrogens (primary N) is 1. The lowest BCUT2D eigenvalue weighted by Crippen LogP contribution is -2.26. The van der Waals surface area contributed by atoms with Gasteiger partial charge in [0.2, 0.25) is 5.88 Å². The van der Waals surface area contributed by atoms with Crippen LogP contribution in [0.15, 0.2) is 102 Å². The summed E-state index contributed by atoms with van der Waals surface area (Å²) in [4.78, 5) is 13.0. The van der Waals surface area contributed by atoms with Crippen molar-refractivity contribution >= 4 is 5.97 Å². The fourth-order valence-electron chi connectivity index (χ4n) is 4.12. The number of esters is 1. The van der Waals surface area contributed by atoms with E-state index in [1.54, 1.807) is 32.0 Å². The van der Waals surface area contributed by atoms with Crippen molar-refractivity contribution in [1.82, 2.24) is 0 Å². The number of hydrogen-bond donors (Lipinski definition) is 1. The number of rotatable bonds is 9. The molecule has 4 rings (SSSR count). The Morgan fingerprint density at radius 2 is 1.59 bits per heavy atom. The lowest BCUT2D eigenvalue weighted by molar-refractivity contribution is -0.139. The third-order valence-electron chi connectivity index (χ3n) is 5.88. The molecule has 1 aliphatic rings. The first-order valence-electron chi connectivity index (χ1n) is 11.9. The summed E-state index contributed by atoms with van der Waals surface area (Å²) < 4.78 is 23.1. The van der Waals surface area contributed by atoms with Crippen molar-refractivity contribution in [3.8, 4) is 17.6 Å². The molecular formula is C30H28N2O5. The van der Waals surface area contributed by atoms with Crippen molar-refractivity contribution in [2.45, 2.75) is 33.0 Å². The van der Waals surface area contributed by atoms with Crippen LogP contribution in [0, 0.1) is 11.3 Å². The second kappa shape index (κ2) is 11.8. The molecular weight excluding hydrogens is 468 g/mol. The number of hydrogen-bond acceptors (Lipinski definition) is 7. The van der Waals surface area contributed by atoms with Crippen molar-refractivity contribution in [2.24, 2.45) is 5.73 Å². The van der Waals surface area contributed by atoms with Gasteiger partial charge >= 0.3 is 5.97 Å². The monoisotopic (exact) mass is 496 g/mol. The van der Waals surface area contributed by atoms with Crippen molar-refractivity contribution in [3.63, 3.8) is 0 Å². The number of ether oxygens (including phenoxy) is 4. The Morgan fingerprint density at radius 3 is 2.19 bits per heavy atom. The van der Waals surface area contributed by atoms with Gasteiger partial charge in [0.15, 0.2) is 0 Å². The summed E-state index contributed by atoms with van der Waals surface area (Å²) in [5.41, 5.74) is 8.92. The first kappa shape index (κ1) is 25.4. The predicted octanol–water partition coefficient (Wildman–Crippen LogP) is 5.49. The van der Waals surface area contributed by atoms with E-state index in [2.05, 4.69) is 6.07 Å². The predicted molar refractivity (Wildman–Crippen MR) is 138 cm³/mol. The van der Waals surface area contributed by atoms with Crippen LogP contribution in [0.5, 0.6) is 11.5 Å². The zero-order chi connectivity index (χ0) is 26.2. The number of carbonyl (C=O) groups excluding carboxylic acids is 1. The first-order valence-corrected chi connectivity index (χ1v) is 11.9. The third kappa shape index (κ3) is 5.93. The van der Waals surface area contributed by atoms with Gasteiger partial charge in [-0.25, -0.2) is 4.79 Å². The Labute approximate surface area is 216 Å². The molecule has 0 saturated heterocycles. The zero-order valence-electron chi connectivity index (χ0n) is 20.8. The molecule has 1 aliphatic heterocycles. The minimum absolute atomic E-state index is 0.0670. The molecule has 0 radical (unpaired) electrons. The van der Waals surface area contributed by atoms with E-state index in [-0.39, 0.29) is 29.4 Å². The van der Waals surface area contributed by atoms with E-state index >= 15 is 0 Å². The van der Waals surface area contributed by atoms with Crippen LogP contribution < -0.4 is 15.2 Å². The molecule has 0 spiro atoms. The van der Waals surface area contributed by atoms with Crippen molar-refractivity contribution in [1.29, 1.82) is 5.26 Å². The molecule has 0 amide bonds. The Kier molecular flexibility index (Phi) is 8.11. The van der Waals surface area contributed by atoms with Crippen LogP contribution in [-0.4, -0.2) is 12.6 Å². The smallest absolute Gasteiger partial charge is 0.338 e. The van der Waals surface area contributed by atoms with Crippen LogP contribution in [0.4, 0.5) is 0 Å². The number of nitriles is 1. The number of benzene rings is 3. The molecule has 1 atom stereocenters. The summed E-state index contributed by atoms with van der Waals surface area (Å²) in [5, 5.41) is 10.0. The van der Waals surface area contributed by atoms with Crippen LogP contribution >= 0.6 is 0 Å². The summed E-state index contributed by atoms with van der Waals surface area (Å²) in [6.45, 7) is 4.15. The fourth-order valence-corrected chi connectivity index (χ4v) is 4.12. The normalized spacial score (nSPS) is 15.0. The number of allylic oxidation sites excluding steroid dienone is 2. The summed E-state index contributed by atoms with van der Waals surface area (Å²) in [5.74, 6) is -0.210. The minimum Gasteiger partial charge on any atom is -0.489 e. The molecule has 7 heteroatoms. The van der Waals surface area contributed by atoms with Crippen LogP contribution in [0.3, 0.4) is 0 Å². The van der Waals surface area contributed by atoms with E-state index in [1.807, 2.05) is 60.7 Å². The summed E-state index contributed by atoms with van der Waals surface area (Å²) in [6, 6.07) is 26.9. The van der Waals surface area contributed by atoms with Gasteiger partial charge in [0.1, 0.15) is 42.1 Å². The lowest BCUT2D eigenvalue weighted by Gasteiger charge is -2.28. The molecule has 0 bridgehead atoms. The molecule has 188 valence electrons. The molecule has 0 aromatic heterocycles. The molecule has 0 fully saturated rings. The van der Waals surface area contributed by atoms with Crippen molar-refractivity contribution in [2.75, 3.05) is 6.61 Å². The highest BCUT2D eigenvalue weighted by molar-refractivity contribution is 5.92. The second-order valence-electron chi connectivity index (χ2n) is 8.36. The average Bonchev–Trinajstić information content (AvgIpc) is 2.92. The van der Waals surface area contributed by atoms with E-state index in [0.29, 0.717) is 30.3 Å². The maximum atomic E-state index is 13.0. The second-order valence-corrected chi connectivity index (χ2v) is 8.36. The lowest BCUT2D eigenvalue weighted by atomic mass is 9.82. The van der Waals surface area contributed by atoms with Gasteiger partial charge in [-0.3, -0.25) is 0 Å². The van der Waals surface area contributed by atoms with Gasteiger partial charge in [-0.15, -0.1) is 0 Å². The summed E-state index contributed by atoms with van der Waals surface area (Å²) in [6.07, 6.45) is 0. The van der Waals surface area contributed by atoms with Gasteiger partial charge in [0.05, 0.1) is 18.1 Å². The van der Waals surface area contributed by atoms with Crippen LogP contribution in [0.2, 0.25) is 0 Å². The Hall–Kier alpha value is -4.70. The Morgan fingerprint density at radius 1 is 0.973 bits per heavy atom. The van der Waals surface area contributed by atoms with Gasteiger partial charge < -0.3 is 24.7 Å². The maximum absolute atomic E-state index is 13.0. The van der Waals surface area contributed by atoms with Gasteiger partial charge in [-0.1, -0.05) is 60.7 Å². The van der Waals surface area contributed by atoms with Gasteiger partial charge in [0, 0.05) is 5.56 Å². The molecule has 3 aromatic rings. The van der Waals surface area contributed by atoms with Gasteiger partial charge in [-0.05, 0) is 43.2 Å². The molecule has 0 aliphatic carbocycles. The molecule has 2 N–H and O–H groups in total. The van der Waals surface area contributed by atoms with E-state index in [4.69, 9.17) is 24.7 Å². The first-order chi connectivity index (χ1) is 18.0. The highest BCUT2D eigenvalue weighted by Crippen LogP contribution is 2.44. The standard InChI is InChI=1S/C30H28N2O5/c1-3-34-30(33)27-20(2)37-29(32)25(17-31)28(27)24-16-23(35-18-21-10-6-4-7-11-21)14-15-26(24)36-19-22-12-8-5-9-13-22/h4-16,28H,3,18-19,32H2,1-2H3. The van der Waals surface area contributed by atoms with Gasteiger partial charge in [0.25, 0.3) is 0 Å². The van der Waals surface area contributed by atoms with Gasteiger partial charge in [-0.2, -0.15) is 5.26 Å². The molecule has 0 saturated carbocycles. The largest absolute Gasteiger partial charge is 0.489 e. The molecule has 3 aromatic carbocycles. The highest BCUT2D eigenvalue weighted by Gasteiger charge is 2.38. The summed E-state index contributed by atoms with van der Waals surface area (Å²) >= 11 is 0. The fraction of sp³-hybridized carbons (Fsp3) is 0.200. The minimum atomic E-state index is -0.858. The quantitative estimate of drug-likeness (QED) is 0.391.